The standard InChI is InChI=1S/C15H21N3O/c1-16-14(9-17-12-4-5-12)11-2-6-13-10(8-11)3-7-15(19)18-13/h2,6,8,12,14,16-17H,3-5,7,9H2,1H3,(H,18,19). The molecule has 102 valence electrons. The first-order valence-electron chi connectivity index (χ1n) is 7.09. The summed E-state index contributed by atoms with van der Waals surface area (Å²) in [5, 5.41) is 9.86. The molecule has 4 heteroatoms. The molecule has 1 aromatic rings. The van der Waals surface area contributed by atoms with Gasteiger partial charge >= 0.3 is 0 Å². The fourth-order valence-electron chi connectivity index (χ4n) is 2.58. The molecule has 1 aromatic carbocycles. The lowest BCUT2D eigenvalue weighted by Crippen LogP contribution is -2.31. The number of aryl methyl sites for hydroxylation is 1. The summed E-state index contributed by atoms with van der Waals surface area (Å²) >= 11 is 0. The summed E-state index contributed by atoms with van der Waals surface area (Å²) in [4.78, 5) is 11.4. The quantitative estimate of drug-likeness (QED) is 0.752. The smallest absolute Gasteiger partial charge is 0.224 e. The van der Waals surface area contributed by atoms with Crippen molar-refractivity contribution in [2.24, 2.45) is 0 Å². The first-order valence-corrected chi connectivity index (χ1v) is 7.09. The first-order chi connectivity index (χ1) is 9.26. The third-order valence-electron chi connectivity index (χ3n) is 3.96. The Labute approximate surface area is 114 Å². The zero-order chi connectivity index (χ0) is 13.2. The largest absolute Gasteiger partial charge is 0.326 e. The molecule has 4 nitrogen and oxygen atoms in total. The Hall–Kier alpha value is -1.39. The number of rotatable bonds is 5. The number of fused-ring (bicyclic) bond motifs is 1. The second-order valence-electron chi connectivity index (χ2n) is 5.49. The first kappa shape index (κ1) is 12.6. The third kappa shape index (κ3) is 2.96. The van der Waals surface area contributed by atoms with Crippen molar-refractivity contribution in [2.75, 3.05) is 18.9 Å². The van der Waals surface area contributed by atoms with Crippen LogP contribution < -0.4 is 16.0 Å². The van der Waals surface area contributed by atoms with Crippen molar-refractivity contribution >= 4 is 11.6 Å². The molecule has 1 fully saturated rings. The van der Waals surface area contributed by atoms with E-state index in [-0.39, 0.29) is 5.91 Å². The van der Waals surface area contributed by atoms with Crippen LogP contribution in [0.5, 0.6) is 0 Å². The number of anilines is 1. The van der Waals surface area contributed by atoms with Crippen molar-refractivity contribution < 1.29 is 4.79 Å². The van der Waals surface area contributed by atoms with E-state index >= 15 is 0 Å². The van der Waals surface area contributed by atoms with Gasteiger partial charge in [0.25, 0.3) is 0 Å². The Balaban J connectivity index is 1.73. The van der Waals surface area contributed by atoms with E-state index in [9.17, 15) is 4.79 Å². The van der Waals surface area contributed by atoms with Gasteiger partial charge in [-0.3, -0.25) is 4.79 Å². The van der Waals surface area contributed by atoms with Crippen LogP contribution in [0.1, 0.15) is 36.4 Å². The number of hydrogen-bond donors (Lipinski definition) is 3. The zero-order valence-corrected chi connectivity index (χ0v) is 11.3. The summed E-state index contributed by atoms with van der Waals surface area (Å²) in [6.07, 6.45) is 4.07. The summed E-state index contributed by atoms with van der Waals surface area (Å²) in [5.74, 6) is 0.126. The second kappa shape index (κ2) is 5.31. The summed E-state index contributed by atoms with van der Waals surface area (Å²) in [5.41, 5.74) is 3.53. The van der Waals surface area contributed by atoms with Crippen LogP contribution in [0.2, 0.25) is 0 Å². The average Bonchev–Trinajstić information content (AvgIpc) is 3.23. The molecule has 1 aliphatic carbocycles. The molecular formula is C15H21N3O. The van der Waals surface area contributed by atoms with Crippen molar-refractivity contribution in [1.29, 1.82) is 0 Å². The zero-order valence-electron chi connectivity index (χ0n) is 11.3. The monoisotopic (exact) mass is 259 g/mol. The molecule has 19 heavy (non-hydrogen) atoms. The van der Waals surface area contributed by atoms with Crippen LogP contribution in [0.25, 0.3) is 0 Å². The summed E-state index contributed by atoms with van der Waals surface area (Å²) in [6.45, 7) is 0.965. The molecule has 1 heterocycles. The molecule has 1 unspecified atom stereocenters. The van der Waals surface area contributed by atoms with Gasteiger partial charge in [-0.25, -0.2) is 0 Å². The number of hydrogen-bond acceptors (Lipinski definition) is 3. The maximum Gasteiger partial charge on any atom is 0.224 e. The van der Waals surface area contributed by atoms with Crippen molar-refractivity contribution in [3.05, 3.63) is 29.3 Å². The van der Waals surface area contributed by atoms with Crippen molar-refractivity contribution in [3.63, 3.8) is 0 Å². The van der Waals surface area contributed by atoms with Crippen LogP contribution in [0.15, 0.2) is 18.2 Å². The van der Waals surface area contributed by atoms with Crippen LogP contribution >= 0.6 is 0 Å². The number of carbonyl (C=O) groups excluding carboxylic acids is 1. The molecular weight excluding hydrogens is 238 g/mol. The lowest BCUT2D eigenvalue weighted by atomic mass is 9.97. The predicted molar refractivity (Wildman–Crippen MR) is 76.2 cm³/mol. The number of likely N-dealkylation sites (N-methyl/N-ethyl adjacent to an activating group) is 1. The minimum Gasteiger partial charge on any atom is -0.326 e. The molecule has 1 saturated carbocycles. The molecule has 1 aliphatic heterocycles. The summed E-state index contributed by atoms with van der Waals surface area (Å²) in [6, 6.07) is 7.43. The number of carbonyl (C=O) groups is 1. The fraction of sp³-hybridized carbons (Fsp3) is 0.533. The topological polar surface area (TPSA) is 53.2 Å². The maximum absolute atomic E-state index is 11.4. The third-order valence-corrected chi connectivity index (χ3v) is 3.96. The predicted octanol–water partition coefficient (Wildman–Crippen LogP) is 1.58. The van der Waals surface area contributed by atoms with Gasteiger partial charge in [-0.2, -0.15) is 0 Å². The number of benzene rings is 1. The van der Waals surface area contributed by atoms with Gasteiger partial charge in [-0.1, -0.05) is 12.1 Å². The lowest BCUT2D eigenvalue weighted by molar-refractivity contribution is -0.116. The molecule has 3 N–H and O–H groups in total. The lowest BCUT2D eigenvalue weighted by Gasteiger charge is -2.22. The fourth-order valence-corrected chi connectivity index (χ4v) is 2.58. The SMILES string of the molecule is CNC(CNC1CC1)c1ccc2c(c1)CCC(=O)N2. The molecule has 0 aromatic heterocycles. The molecule has 0 spiro atoms. The number of nitrogens with one attached hydrogen (secondary N) is 3. The van der Waals surface area contributed by atoms with E-state index in [1.807, 2.05) is 13.1 Å². The molecule has 3 rings (SSSR count). The summed E-state index contributed by atoms with van der Waals surface area (Å²) < 4.78 is 0. The van der Waals surface area contributed by atoms with Gasteiger partial charge in [0.05, 0.1) is 0 Å². The summed E-state index contributed by atoms with van der Waals surface area (Å²) in [7, 11) is 2.00. The van der Waals surface area contributed by atoms with Crippen molar-refractivity contribution in [1.82, 2.24) is 10.6 Å². The van der Waals surface area contributed by atoms with Crippen molar-refractivity contribution in [2.45, 2.75) is 37.8 Å². The van der Waals surface area contributed by atoms with E-state index in [1.54, 1.807) is 0 Å². The highest BCUT2D eigenvalue weighted by atomic mass is 16.1. The Morgan fingerprint density at radius 3 is 2.95 bits per heavy atom. The van der Waals surface area contributed by atoms with Crippen LogP contribution in [0.3, 0.4) is 0 Å². The van der Waals surface area contributed by atoms with Gasteiger partial charge in [-0.05, 0) is 43.5 Å². The minimum atomic E-state index is 0.126. The van der Waals surface area contributed by atoms with Gasteiger partial charge in [-0.15, -0.1) is 0 Å². The highest BCUT2D eigenvalue weighted by molar-refractivity contribution is 5.93. The second-order valence-corrected chi connectivity index (χ2v) is 5.49. The van der Waals surface area contributed by atoms with Gasteiger partial charge in [0.2, 0.25) is 5.91 Å². The molecule has 0 bridgehead atoms. The van der Waals surface area contributed by atoms with Gasteiger partial charge < -0.3 is 16.0 Å². The van der Waals surface area contributed by atoms with Crippen LogP contribution in [0.4, 0.5) is 5.69 Å². The van der Waals surface area contributed by atoms with Gasteiger partial charge in [0.15, 0.2) is 0 Å². The van der Waals surface area contributed by atoms with Crippen LogP contribution in [-0.4, -0.2) is 25.5 Å². The maximum atomic E-state index is 11.4. The minimum absolute atomic E-state index is 0.126. The Bertz CT molecular complexity index is 482. The van der Waals surface area contributed by atoms with E-state index in [1.165, 1.54) is 24.0 Å². The highest BCUT2D eigenvalue weighted by Gasteiger charge is 2.22. The van der Waals surface area contributed by atoms with E-state index in [0.717, 1.165) is 24.7 Å². The Morgan fingerprint density at radius 1 is 1.37 bits per heavy atom. The van der Waals surface area contributed by atoms with E-state index < -0.39 is 0 Å². The molecule has 1 atom stereocenters. The van der Waals surface area contributed by atoms with Crippen LogP contribution in [0, 0.1) is 0 Å². The van der Waals surface area contributed by atoms with E-state index in [2.05, 4.69) is 28.1 Å². The average molecular weight is 259 g/mol. The normalized spacial score (nSPS) is 19.7. The number of amides is 1. The Morgan fingerprint density at radius 2 is 2.21 bits per heavy atom. The molecule has 0 saturated heterocycles. The van der Waals surface area contributed by atoms with E-state index in [0.29, 0.717) is 12.5 Å². The van der Waals surface area contributed by atoms with E-state index in [4.69, 9.17) is 0 Å². The Kier molecular flexibility index (Phi) is 3.53. The molecule has 1 amide bonds. The van der Waals surface area contributed by atoms with Crippen LogP contribution in [-0.2, 0) is 11.2 Å². The molecule has 2 aliphatic rings. The van der Waals surface area contributed by atoms with Gasteiger partial charge in [0.1, 0.15) is 0 Å². The van der Waals surface area contributed by atoms with Gasteiger partial charge in [0, 0.05) is 30.7 Å². The highest BCUT2D eigenvalue weighted by Crippen LogP contribution is 2.26. The molecule has 0 radical (unpaired) electrons. The van der Waals surface area contributed by atoms with Crippen molar-refractivity contribution in [3.8, 4) is 0 Å².